The average molecular weight is 1280 g/mol. The summed E-state index contributed by atoms with van der Waals surface area (Å²) in [6.45, 7) is 4.48. The minimum atomic E-state index is -1.56. The molecule has 0 aliphatic rings. The van der Waals surface area contributed by atoms with E-state index in [0.29, 0.717) is 23.9 Å². The standard InChI is InChI=1S/C84H123NO8/c1-6-8-10-12-14-16-18-20-22-24-26-28-30-32-34-36-37-38-39-40-41-42-43-44-45-47-49-51-53-55-57-59-61-63-65-67-69-71-73-75-82(87)93-80(79-92-84(83(88)89)90-77-76-85(3,4)5)78-91-81(86)74-72-70-68-66-64-62-60-58-56-54-52-50-48-46-35-33-31-29-27-25-23-21-19-17-15-13-11-9-7-2/h8-11,14-17,20-23,26-29,32-35,37-38,40-41,43-44,47-50,53-56,59-62,65-68,80,84H,6-7,12-13,18-19,24-25,30-31,36,39,42,45-46,51-52,57-58,63-64,69-79H2,1-5H3/p+1/b10-8-,11-9-,16-14-,17-15-,22-20-,23-21-,28-26-,29-27-,34-32-,35-33-,38-37-,41-40-,44-43-,49-47-,50-48-,55-53-,56-54-,61-59-,62-60-,67-65-,68-66-. The number of carbonyl (C=O) groups excluding carboxylic acids is 2. The number of esters is 2. The predicted octanol–water partition coefficient (Wildman–Crippen LogP) is 22.2. The highest BCUT2D eigenvalue weighted by molar-refractivity contribution is 5.71. The van der Waals surface area contributed by atoms with Gasteiger partial charge >= 0.3 is 17.9 Å². The number of carboxylic acids is 1. The first kappa shape index (κ1) is 85.8. The van der Waals surface area contributed by atoms with E-state index >= 15 is 0 Å². The molecule has 0 amide bonds. The van der Waals surface area contributed by atoms with Crippen LogP contribution in [0.1, 0.15) is 194 Å². The molecule has 0 bridgehead atoms. The molecule has 0 radical (unpaired) electrons. The van der Waals surface area contributed by atoms with E-state index < -0.39 is 30.3 Å². The summed E-state index contributed by atoms with van der Waals surface area (Å²) < 4.78 is 22.8. The van der Waals surface area contributed by atoms with Crippen LogP contribution in [0.2, 0.25) is 0 Å². The van der Waals surface area contributed by atoms with Crippen molar-refractivity contribution in [2.75, 3.05) is 47.5 Å². The van der Waals surface area contributed by atoms with Crippen LogP contribution in [0.3, 0.4) is 0 Å². The number of nitrogens with zero attached hydrogens (tertiary/aromatic N) is 1. The van der Waals surface area contributed by atoms with Crippen molar-refractivity contribution in [2.24, 2.45) is 0 Å². The quantitative estimate of drug-likeness (QED) is 0.0211. The molecule has 9 heteroatoms. The number of unbranched alkanes of at least 4 members (excludes halogenated alkanes) is 3. The van der Waals surface area contributed by atoms with E-state index in [4.69, 9.17) is 18.9 Å². The van der Waals surface area contributed by atoms with Crippen molar-refractivity contribution in [1.29, 1.82) is 0 Å². The van der Waals surface area contributed by atoms with Crippen LogP contribution in [0.25, 0.3) is 0 Å². The normalized spacial score (nSPS) is 14.3. The molecule has 0 fully saturated rings. The number of rotatable bonds is 60. The number of ether oxygens (including phenoxy) is 4. The SMILES string of the molecule is CC/C=C\C/C=C\C/C=C\C/C=C\C/C=C\C/C=C\C/C=C\C/C=C\C/C=C\C/C=C\C/C=C\C/C=C\CCCCC(=O)OC(COC(=O)CCC/C=C\C/C=C\C/C=C\C/C=C\C/C=C\C/C=C\C/C=C\C/C=C\C/C=C\CC)COC(OCC[N+](C)(C)C)C(=O)O. The van der Waals surface area contributed by atoms with Crippen LogP contribution in [-0.4, -0.2) is 87.4 Å². The Morgan fingerprint density at radius 2 is 0.581 bits per heavy atom. The Morgan fingerprint density at radius 1 is 0.323 bits per heavy atom. The van der Waals surface area contributed by atoms with Crippen LogP contribution in [-0.2, 0) is 33.3 Å². The molecule has 93 heavy (non-hydrogen) atoms. The van der Waals surface area contributed by atoms with Crippen molar-refractivity contribution in [1.82, 2.24) is 0 Å². The third-order valence-corrected chi connectivity index (χ3v) is 13.3. The number of hydrogen-bond donors (Lipinski definition) is 1. The van der Waals surface area contributed by atoms with Crippen LogP contribution in [0.15, 0.2) is 255 Å². The van der Waals surface area contributed by atoms with E-state index in [-0.39, 0.29) is 32.7 Å². The van der Waals surface area contributed by atoms with Gasteiger partial charge in [0.05, 0.1) is 34.4 Å². The molecule has 2 unspecified atom stereocenters. The van der Waals surface area contributed by atoms with Crippen molar-refractivity contribution >= 4 is 17.9 Å². The molecule has 0 aliphatic heterocycles. The molecule has 0 saturated heterocycles. The Hall–Kier alpha value is -7.17. The minimum absolute atomic E-state index is 0.154. The van der Waals surface area contributed by atoms with Crippen LogP contribution < -0.4 is 0 Å². The van der Waals surface area contributed by atoms with Crippen LogP contribution >= 0.6 is 0 Å². The molecule has 0 aromatic rings. The fourth-order valence-electron chi connectivity index (χ4n) is 8.05. The maximum atomic E-state index is 12.9. The summed E-state index contributed by atoms with van der Waals surface area (Å²) in [5.74, 6) is -2.19. The Bertz CT molecular complexity index is 2480. The second-order valence-electron chi connectivity index (χ2n) is 23.0. The number of likely N-dealkylation sites (N-methyl/N-ethyl adjacent to an activating group) is 1. The first-order valence-electron chi connectivity index (χ1n) is 34.8. The van der Waals surface area contributed by atoms with Gasteiger partial charge in [-0.05, 0) is 167 Å². The second kappa shape index (κ2) is 70.7. The zero-order chi connectivity index (χ0) is 67.5. The van der Waals surface area contributed by atoms with Gasteiger partial charge in [-0.3, -0.25) is 9.59 Å². The lowest BCUT2D eigenvalue weighted by atomic mass is 10.2. The summed E-state index contributed by atoms with van der Waals surface area (Å²) in [7, 11) is 5.92. The summed E-state index contributed by atoms with van der Waals surface area (Å²) in [6, 6.07) is 0. The zero-order valence-corrected chi connectivity index (χ0v) is 58.3. The Morgan fingerprint density at radius 3 is 0.849 bits per heavy atom. The van der Waals surface area contributed by atoms with Gasteiger partial charge in [-0.15, -0.1) is 0 Å². The van der Waals surface area contributed by atoms with E-state index in [9.17, 15) is 19.5 Å². The molecule has 0 aromatic heterocycles. The molecule has 0 rings (SSSR count). The summed E-state index contributed by atoms with van der Waals surface area (Å²) in [6.07, 6.45) is 114. The van der Waals surface area contributed by atoms with Crippen LogP contribution in [0.5, 0.6) is 0 Å². The lowest BCUT2D eigenvalue weighted by Gasteiger charge is -2.25. The van der Waals surface area contributed by atoms with Crippen LogP contribution in [0.4, 0.5) is 0 Å². The van der Waals surface area contributed by atoms with Gasteiger partial charge in [-0.25, -0.2) is 4.79 Å². The van der Waals surface area contributed by atoms with Crippen molar-refractivity contribution in [3.8, 4) is 0 Å². The van der Waals surface area contributed by atoms with E-state index in [2.05, 4.69) is 269 Å². The van der Waals surface area contributed by atoms with E-state index in [0.717, 1.165) is 154 Å². The molecule has 0 saturated carbocycles. The van der Waals surface area contributed by atoms with Gasteiger partial charge in [0.25, 0.3) is 6.29 Å². The van der Waals surface area contributed by atoms with Crippen molar-refractivity contribution in [3.63, 3.8) is 0 Å². The molecule has 0 aliphatic carbocycles. The predicted molar refractivity (Wildman–Crippen MR) is 400 cm³/mol. The lowest BCUT2D eigenvalue weighted by molar-refractivity contribution is -0.870. The number of carbonyl (C=O) groups is 3. The molecular formula is C84H124NO8+. The monoisotopic (exact) mass is 1270 g/mol. The average Bonchev–Trinajstić information content (AvgIpc) is 3.38. The lowest BCUT2D eigenvalue weighted by Crippen LogP contribution is -2.40. The van der Waals surface area contributed by atoms with Gasteiger partial charge < -0.3 is 28.5 Å². The van der Waals surface area contributed by atoms with Gasteiger partial charge in [0.15, 0.2) is 6.10 Å². The summed E-state index contributed by atoms with van der Waals surface area (Å²) in [5, 5.41) is 9.74. The third kappa shape index (κ3) is 72.1. The van der Waals surface area contributed by atoms with Crippen LogP contribution in [0, 0.1) is 0 Å². The zero-order valence-electron chi connectivity index (χ0n) is 58.3. The molecule has 0 heterocycles. The molecular weight excluding hydrogens is 1150 g/mol. The van der Waals surface area contributed by atoms with Gasteiger partial charge in [0.2, 0.25) is 0 Å². The van der Waals surface area contributed by atoms with Gasteiger partial charge in [0.1, 0.15) is 13.2 Å². The fourth-order valence-corrected chi connectivity index (χ4v) is 8.05. The Kier molecular flexibility index (Phi) is 65.2. The third-order valence-electron chi connectivity index (χ3n) is 13.3. The summed E-state index contributed by atoms with van der Waals surface area (Å²) >= 11 is 0. The first-order chi connectivity index (χ1) is 45.6. The Balaban J connectivity index is 4.41. The highest BCUT2D eigenvalue weighted by atomic mass is 16.7. The first-order valence-corrected chi connectivity index (χ1v) is 34.8. The summed E-state index contributed by atoms with van der Waals surface area (Å²) in [4.78, 5) is 37.6. The topological polar surface area (TPSA) is 108 Å². The molecule has 9 nitrogen and oxygen atoms in total. The highest BCUT2D eigenvalue weighted by Crippen LogP contribution is 2.10. The second-order valence-corrected chi connectivity index (χ2v) is 23.0. The number of aliphatic carboxylic acids is 1. The summed E-state index contributed by atoms with van der Waals surface area (Å²) in [5.41, 5.74) is 0. The number of hydrogen-bond acceptors (Lipinski definition) is 7. The van der Waals surface area contributed by atoms with Crippen molar-refractivity contribution in [2.45, 2.75) is 206 Å². The van der Waals surface area contributed by atoms with E-state index in [1.54, 1.807) is 0 Å². The van der Waals surface area contributed by atoms with E-state index in [1.165, 1.54) is 0 Å². The molecule has 2 atom stereocenters. The number of carboxylic acid groups (broad SMARTS) is 1. The number of allylic oxidation sites excluding steroid dienone is 42. The fraction of sp³-hybridized carbons (Fsp3) is 0.464. The highest BCUT2D eigenvalue weighted by Gasteiger charge is 2.25. The minimum Gasteiger partial charge on any atom is -0.477 e. The molecule has 512 valence electrons. The number of quaternary nitrogens is 1. The largest absolute Gasteiger partial charge is 0.477 e. The molecule has 1 N–H and O–H groups in total. The van der Waals surface area contributed by atoms with E-state index in [1.807, 2.05) is 21.1 Å². The smallest absolute Gasteiger partial charge is 0.361 e. The van der Waals surface area contributed by atoms with Gasteiger partial charge in [-0.1, -0.05) is 269 Å². The van der Waals surface area contributed by atoms with Gasteiger partial charge in [0, 0.05) is 12.8 Å². The maximum absolute atomic E-state index is 12.9. The van der Waals surface area contributed by atoms with Crippen molar-refractivity contribution in [3.05, 3.63) is 255 Å². The molecule has 0 aromatic carbocycles. The van der Waals surface area contributed by atoms with Crippen molar-refractivity contribution < 1.29 is 42.9 Å². The van der Waals surface area contributed by atoms with Gasteiger partial charge in [-0.2, -0.15) is 0 Å². The maximum Gasteiger partial charge on any atom is 0.361 e. The molecule has 0 spiro atoms. The Labute approximate surface area is 566 Å².